The van der Waals surface area contributed by atoms with Gasteiger partial charge in [-0.1, -0.05) is 0 Å². The zero-order chi connectivity index (χ0) is 13.0. The summed E-state index contributed by atoms with van der Waals surface area (Å²) in [5.41, 5.74) is 4.99. The molecule has 0 bridgehead atoms. The molecule has 0 unspecified atom stereocenters. The van der Waals surface area contributed by atoms with Crippen molar-refractivity contribution in [1.82, 2.24) is 9.88 Å². The molecule has 0 saturated heterocycles. The summed E-state index contributed by atoms with van der Waals surface area (Å²) in [4.78, 5) is 28.0. The summed E-state index contributed by atoms with van der Waals surface area (Å²) in [6, 6.07) is 2.67. The van der Waals surface area contributed by atoms with Gasteiger partial charge in [0.15, 0.2) is 5.69 Å². The van der Waals surface area contributed by atoms with Crippen molar-refractivity contribution in [2.75, 3.05) is 6.54 Å². The van der Waals surface area contributed by atoms with Crippen LogP contribution < -0.4 is 5.73 Å². The second-order valence-electron chi connectivity index (χ2n) is 3.86. The summed E-state index contributed by atoms with van der Waals surface area (Å²) in [7, 11) is 0. The van der Waals surface area contributed by atoms with Crippen molar-refractivity contribution < 1.29 is 14.7 Å². The van der Waals surface area contributed by atoms with Crippen LogP contribution in [0.5, 0.6) is 5.75 Å². The first kappa shape index (κ1) is 13.0. The molecule has 0 saturated carbocycles. The molecule has 3 N–H and O–H groups in total. The number of nitrogens with two attached hydrogens (primary N) is 1. The van der Waals surface area contributed by atoms with Crippen molar-refractivity contribution in [3.8, 4) is 5.75 Å². The quantitative estimate of drug-likeness (QED) is 0.777. The fourth-order valence-electron chi connectivity index (χ4n) is 1.35. The van der Waals surface area contributed by atoms with Crippen LogP contribution in [0.4, 0.5) is 0 Å². The van der Waals surface area contributed by atoms with Crippen LogP contribution in [0.2, 0.25) is 0 Å². The van der Waals surface area contributed by atoms with Crippen LogP contribution in [0.15, 0.2) is 18.3 Å². The van der Waals surface area contributed by atoms with Crippen molar-refractivity contribution in [3.05, 3.63) is 24.0 Å². The number of amides is 2. The molecule has 1 heterocycles. The van der Waals surface area contributed by atoms with E-state index in [0.717, 1.165) is 0 Å². The number of hydrogen-bond acceptors (Lipinski definition) is 4. The molecule has 92 valence electrons. The van der Waals surface area contributed by atoms with Gasteiger partial charge in [0.25, 0.3) is 5.91 Å². The van der Waals surface area contributed by atoms with Crippen LogP contribution in [0.1, 0.15) is 24.3 Å². The summed E-state index contributed by atoms with van der Waals surface area (Å²) in [5, 5.41) is 9.52. The van der Waals surface area contributed by atoms with Gasteiger partial charge in [-0.2, -0.15) is 0 Å². The number of aromatic nitrogens is 1. The standard InChI is InChI=1S/C11H15N3O3/c1-7(2)14(6-9(12)16)11(17)10-8(15)4-3-5-13-10/h3-5,7,15H,6H2,1-2H3,(H2,12,16). The third-order valence-corrected chi connectivity index (χ3v) is 2.20. The summed E-state index contributed by atoms with van der Waals surface area (Å²) in [6.45, 7) is 3.30. The molecule has 17 heavy (non-hydrogen) atoms. The van der Waals surface area contributed by atoms with Gasteiger partial charge >= 0.3 is 0 Å². The minimum atomic E-state index is -0.609. The number of pyridine rings is 1. The third kappa shape index (κ3) is 3.17. The van der Waals surface area contributed by atoms with Gasteiger partial charge < -0.3 is 15.7 Å². The number of primary amides is 1. The second kappa shape index (κ2) is 5.29. The lowest BCUT2D eigenvalue weighted by Gasteiger charge is -2.25. The number of hydrogen-bond donors (Lipinski definition) is 2. The van der Waals surface area contributed by atoms with Gasteiger partial charge in [-0.15, -0.1) is 0 Å². The maximum absolute atomic E-state index is 12.0. The Balaban J connectivity index is 3.00. The number of aromatic hydroxyl groups is 1. The molecule has 1 rings (SSSR count). The average Bonchev–Trinajstić information content (AvgIpc) is 2.25. The lowest BCUT2D eigenvalue weighted by atomic mass is 10.2. The van der Waals surface area contributed by atoms with Crippen molar-refractivity contribution in [3.63, 3.8) is 0 Å². The van der Waals surface area contributed by atoms with E-state index in [4.69, 9.17) is 5.73 Å². The van der Waals surface area contributed by atoms with E-state index in [2.05, 4.69) is 4.98 Å². The molecule has 6 nitrogen and oxygen atoms in total. The van der Waals surface area contributed by atoms with Gasteiger partial charge in [0.1, 0.15) is 5.75 Å². The predicted molar refractivity (Wildman–Crippen MR) is 61.3 cm³/mol. The second-order valence-corrected chi connectivity index (χ2v) is 3.86. The molecule has 1 aromatic rings. The molecule has 0 atom stereocenters. The van der Waals surface area contributed by atoms with E-state index in [1.54, 1.807) is 13.8 Å². The fourth-order valence-corrected chi connectivity index (χ4v) is 1.35. The molecular weight excluding hydrogens is 222 g/mol. The minimum absolute atomic E-state index is 0.0811. The largest absolute Gasteiger partial charge is 0.505 e. The highest BCUT2D eigenvalue weighted by Gasteiger charge is 2.23. The van der Waals surface area contributed by atoms with Crippen molar-refractivity contribution >= 4 is 11.8 Å². The molecule has 1 aromatic heterocycles. The summed E-state index contributed by atoms with van der Waals surface area (Å²) >= 11 is 0. The molecule has 0 aliphatic rings. The Morgan fingerprint density at radius 3 is 2.65 bits per heavy atom. The minimum Gasteiger partial charge on any atom is -0.505 e. The maximum Gasteiger partial charge on any atom is 0.277 e. The number of rotatable bonds is 4. The first-order valence-electron chi connectivity index (χ1n) is 5.16. The SMILES string of the molecule is CC(C)N(CC(N)=O)C(=O)c1ncccc1O. The van der Waals surface area contributed by atoms with Gasteiger partial charge in [-0.25, -0.2) is 4.98 Å². The van der Waals surface area contributed by atoms with Crippen molar-refractivity contribution in [2.45, 2.75) is 19.9 Å². The Hall–Kier alpha value is -2.11. The lowest BCUT2D eigenvalue weighted by molar-refractivity contribution is -0.119. The van der Waals surface area contributed by atoms with Crippen LogP contribution >= 0.6 is 0 Å². The number of carbonyl (C=O) groups is 2. The summed E-state index contributed by atoms with van der Waals surface area (Å²) < 4.78 is 0. The van der Waals surface area contributed by atoms with E-state index in [1.807, 2.05) is 0 Å². The molecule has 0 aliphatic carbocycles. The van der Waals surface area contributed by atoms with Crippen LogP contribution in [0.3, 0.4) is 0 Å². The number of carbonyl (C=O) groups excluding carboxylic acids is 2. The van der Waals surface area contributed by atoms with Crippen molar-refractivity contribution in [1.29, 1.82) is 0 Å². The smallest absolute Gasteiger partial charge is 0.277 e. The first-order chi connectivity index (χ1) is 7.93. The van der Waals surface area contributed by atoms with Crippen LogP contribution in [-0.4, -0.2) is 39.4 Å². The van der Waals surface area contributed by atoms with E-state index in [0.29, 0.717) is 0 Å². The predicted octanol–water partition coefficient (Wildman–Crippen LogP) is 0.123. The Bertz CT molecular complexity index is 432. The highest BCUT2D eigenvalue weighted by atomic mass is 16.3. The summed E-state index contributed by atoms with van der Waals surface area (Å²) in [6.07, 6.45) is 1.40. The first-order valence-corrected chi connectivity index (χ1v) is 5.16. The highest BCUT2D eigenvalue weighted by molar-refractivity contribution is 5.96. The molecule has 0 aliphatic heterocycles. The van der Waals surface area contributed by atoms with Gasteiger partial charge in [0.05, 0.1) is 6.54 Å². The molecule has 0 aromatic carbocycles. The van der Waals surface area contributed by atoms with Crippen LogP contribution in [0, 0.1) is 0 Å². The Labute approximate surface area is 99.1 Å². The highest BCUT2D eigenvalue weighted by Crippen LogP contribution is 2.16. The van der Waals surface area contributed by atoms with Crippen LogP contribution in [-0.2, 0) is 4.79 Å². The van der Waals surface area contributed by atoms with Crippen LogP contribution in [0.25, 0.3) is 0 Å². The van der Waals surface area contributed by atoms with E-state index < -0.39 is 11.8 Å². The van der Waals surface area contributed by atoms with Gasteiger partial charge in [0.2, 0.25) is 5.91 Å². The normalized spacial score (nSPS) is 10.3. The topological polar surface area (TPSA) is 96.5 Å². The van der Waals surface area contributed by atoms with Gasteiger partial charge in [0, 0.05) is 12.2 Å². The van der Waals surface area contributed by atoms with E-state index in [-0.39, 0.29) is 24.0 Å². The zero-order valence-electron chi connectivity index (χ0n) is 9.75. The fraction of sp³-hybridized carbons (Fsp3) is 0.364. The maximum atomic E-state index is 12.0. The number of nitrogens with zero attached hydrogens (tertiary/aromatic N) is 2. The zero-order valence-corrected chi connectivity index (χ0v) is 9.75. The van der Waals surface area contributed by atoms with Gasteiger partial charge in [-0.3, -0.25) is 9.59 Å². The van der Waals surface area contributed by atoms with E-state index in [1.165, 1.54) is 23.2 Å². The molecule has 0 radical (unpaired) electrons. The Morgan fingerprint density at radius 1 is 1.53 bits per heavy atom. The summed E-state index contributed by atoms with van der Waals surface area (Å²) in [5.74, 6) is -1.34. The lowest BCUT2D eigenvalue weighted by Crippen LogP contribution is -2.43. The van der Waals surface area contributed by atoms with Gasteiger partial charge in [-0.05, 0) is 26.0 Å². The molecule has 0 spiro atoms. The third-order valence-electron chi connectivity index (χ3n) is 2.20. The Kier molecular flexibility index (Phi) is 4.03. The van der Waals surface area contributed by atoms with E-state index >= 15 is 0 Å². The monoisotopic (exact) mass is 237 g/mol. The molecule has 0 fully saturated rings. The van der Waals surface area contributed by atoms with E-state index in [9.17, 15) is 14.7 Å². The molecule has 6 heteroatoms. The van der Waals surface area contributed by atoms with Crippen molar-refractivity contribution in [2.24, 2.45) is 5.73 Å². The molecule has 2 amide bonds. The Morgan fingerprint density at radius 2 is 2.18 bits per heavy atom. The average molecular weight is 237 g/mol. The molecular formula is C11H15N3O3.